The minimum absolute atomic E-state index is 1.39. The predicted molar refractivity (Wildman–Crippen MR) is 103 cm³/mol. The van der Waals surface area contributed by atoms with Crippen LogP contribution in [-0.2, 0) is 50.6 Å². The highest BCUT2D eigenvalue weighted by Crippen LogP contribution is 2.43. The summed E-state index contributed by atoms with van der Waals surface area (Å²) in [7, 11) is -16.2. The van der Waals surface area contributed by atoms with Crippen molar-refractivity contribution in [2.75, 3.05) is 28.4 Å². The van der Waals surface area contributed by atoms with E-state index in [2.05, 4.69) is 13.2 Å². The van der Waals surface area contributed by atoms with Crippen LogP contribution in [0.3, 0.4) is 0 Å². The first-order chi connectivity index (χ1) is 13.0. The third-order valence-corrected chi connectivity index (χ3v) is 26.6. The lowest BCUT2D eigenvalue weighted by Gasteiger charge is -2.55. The van der Waals surface area contributed by atoms with Crippen LogP contribution in [0.2, 0.25) is 13.1 Å². The van der Waals surface area contributed by atoms with Crippen LogP contribution in [0.15, 0.2) is 24.6 Å². The molecule has 0 spiro atoms. The zero-order chi connectivity index (χ0) is 20.9. The van der Waals surface area contributed by atoms with Crippen LogP contribution in [0.5, 0.6) is 0 Å². The topological polar surface area (TPSA) is 111 Å². The van der Waals surface area contributed by atoms with Crippen molar-refractivity contribution in [2.24, 2.45) is 0 Å². The molecule has 18 heteroatoms. The minimum Gasteiger partial charge on any atom is -0.375 e. The highest BCUT2D eigenvalue weighted by molar-refractivity contribution is 6.98. The van der Waals surface area contributed by atoms with Crippen LogP contribution < -0.4 is 0 Å². The minimum atomic E-state index is -3.89. The van der Waals surface area contributed by atoms with Gasteiger partial charge in [0, 0.05) is 41.5 Å². The number of rotatable bonds is 6. The van der Waals surface area contributed by atoms with Crippen molar-refractivity contribution in [1.29, 1.82) is 0 Å². The standard InChI is InChI=1S/C10H24O12Si6/c1-9-25(11-3)15-23(7)16-26(10-2)17-24(8,18-27(12-4,13-5)22-26)20-28(14-6,19-23)21-25/h9-10H,1-2H2,3-8H3. The summed E-state index contributed by atoms with van der Waals surface area (Å²) >= 11 is 0. The maximum Gasteiger partial charge on any atom is 0.664 e. The first kappa shape index (κ1) is 23.0. The molecule has 0 radical (unpaired) electrons. The molecule has 4 bridgehead atoms. The van der Waals surface area contributed by atoms with E-state index in [0.717, 1.165) is 0 Å². The zero-order valence-corrected chi connectivity index (χ0v) is 22.5. The summed E-state index contributed by atoms with van der Waals surface area (Å²) in [6, 6.07) is 0. The molecule has 3 heterocycles. The normalized spacial score (nSPS) is 47.6. The summed E-state index contributed by atoms with van der Waals surface area (Å²) in [5, 5.41) is 0. The molecule has 0 amide bonds. The van der Waals surface area contributed by atoms with E-state index in [1.807, 2.05) is 0 Å². The smallest absolute Gasteiger partial charge is 0.375 e. The van der Waals surface area contributed by atoms with Gasteiger partial charge < -0.3 is 50.6 Å². The molecule has 160 valence electrons. The van der Waals surface area contributed by atoms with Gasteiger partial charge in [-0.05, 0) is 11.4 Å². The lowest BCUT2D eigenvalue weighted by Crippen LogP contribution is -2.83. The fourth-order valence-corrected chi connectivity index (χ4v) is 29.9. The summed E-state index contributed by atoms with van der Waals surface area (Å²) in [5.74, 6) is 0. The molecule has 0 aromatic carbocycles. The van der Waals surface area contributed by atoms with Gasteiger partial charge in [0.25, 0.3) is 0 Å². The van der Waals surface area contributed by atoms with Gasteiger partial charge in [-0.25, -0.2) is 0 Å². The molecular weight excluding hydrogens is 481 g/mol. The molecule has 0 aliphatic carbocycles. The van der Waals surface area contributed by atoms with E-state index in [-0.39, 0.29) is 0 Å². The Bertz CT molecular complexity index is 654. The van der Waals surface area contributed by atoms with Gasteiger partial charge in [-0.2, -0.15) is 0 Å². The highest BCUT2D eigenvalue weighted by atomic mass is 28.6. The Morgan fingerprint density at radius 1 is 0.607 bits per heavy atom. The third kappa shape index (κ3) is 3.83. The van der Waals surface area contributed by atoms with Crippen molar-refractivity contribution < 1.29 is 50.6 Å². The molecule has 3 saturated heterocycles. The highest BCUT2D eigenvalue weighted by Gasteiger charge is 2.78. The molecule has 28 heavy (non-hydrogen) atoms. The summed E-state index contributed by atoms with van der Waals surface area (Å²) in [6.07, 6.45) is 0. The van der Waals surface area contributed by atoms with Crippen molar-refractivity contribution in [1.82, 2.24) is 0 Å². The Morgan fingerprint density at radius 3 is 1.61 bits per heavy atom. The van der Waals surface area contributed by atoms with Crippen LogP contribution in [0, 0.1) is 0 Å². The van der Waals surface area contributed by atoms with Gasteiger partial charge in [-0.3, -0.25) is 0 Å². The summed E-state index contributed by atoms with van der Waals surface area (Å²) in [5.41, 5.74) is 2.87. The molecule has 5 unspecified atom stereocenters. The second-order valence-corrected chi connectivity index (χ2v) is 22.8. The monoisotopic (exact) mass is 504 g/mol. The second-order valence-electron chi connectivity index (χ2n) is 5.97. The van der Waals surface area contributed by atoms with E-state index in [1.165, 1.54) is 39.8 Å². The van der Waals surface area contributed by atoms with Gasteiger partial charge in [0.15, 0.2) is 0 Å². The van der Waals surface area contributed by atoms with Gasteiger partial charge in [0.2, 0.25) is 0 Å². The quantitative estimate of drug-likeness (QED) is 0.457. The Morgan fingerprint density at radius 2 is 1.18 bits per heavy atom. The van der Waals surface area contributed by atoms with Crippen molar-refractivity contribution in [2.45, 2.75) is 13.1 Å². The summed E-state index contributed by atoms with van der Waals surface area (Å²) in [4.78, 5) is 0. The molecule has 3 fully saturated rings. The van der Waals surface area contributed by atoms with Crippen LogP contribution in [0.25, 0.3) is 0 Å². The average Bonchev–Trinajstić information content (AvgIpc) is 2.65. The van der Waals surface area contributed by atoms with E-state index in [4.69, 9.17) is 50.6 Å². The first-order valence-electron chi connectivity index (χ1n) is 8.11. The Balaban J connectivity index is 2.15. The van der Waals surface area contributed by atoms with Gasteiger partial charge in [-0.1, -0.05) is 6.58 Å². The SMILES string of the molecule is C=C[Si]12O[Si]3(C)O[Si](C=C)(OC)O[Si](OC)(O3)O[Si](C)(O1)O[Si](OC)(OC)O2. The lowest BCUT2D eigenvalue weighted by atomic mass is 11.3. The van der Waals surface area contributed by atoms with Gasteiger partial charge >= 0.3 is 53.3 Å². The molecule has 3 aliphatic rings. The largest absolute Gasteiger partial charge is 0.664 e. The first-order valence-corrected chi connectivity index (χ1v) is 19.4. The van der Waals surface area contributed by atoms with Crippen molar-refractivity contribution >= 4 is 53.3 Å². The maximum absolute atomic E-state index is 6.27. The van der Waals surface area contributed by atoms with Gasteiger partial charge in [0.1, 0.15) is 0 Å². The number of hydrogen-bond acceptors (Lipinski definition) is 12. The second kappa shape index (κ2) is 7.46. The van der Waals surface area contributed by atoms with Crippen LogP contribution >= 0.6 is 0 Å². The Kier molecular flexibility index (Phi) is 6.12. The molecule has 0 saturated carbocycles. The lowest BCUT2D eigenvalue weighted by molar-refractivity contribution is -0.0513. The fourth-order valence-electron chi connectivity index (χ4n) is 2.85. The van der Waals surface area contributed by atoms with Crippen molar-refractivity contribution in [3.05, 3.63) is 24.6 Å². The zero-order valence-electron chi connectivity index (χ0n) is 16.5. The molecule has 0 aromatic heterocycles. The van der Waals surface area contributed by atoms with Gasteiger partial charge in [-0.15, -0.1) is 6.58 Å². The van der Waals surface area contributed by atoms with Crippen LogP contribution in [0.4, 0.5) is 0 Å². The maximum atomic E-state index is 6.27. The van der Waals surface area contributed by atoms with Gasteiger partial charge in [0.05, 0.1) is 0 Å². The summed E-state index contributed by atoms with van der Waals surface area (Å²) in [6.45, 7) is 10.8. The van der Waals surface area contributed by atoms with Crippen LogP contribution in [-0.4, -0.2) is 81.8 Å². The van der Waals surface area contributed by atoms with E-state index in [0.29, 0.717) is 0 Å². The van der Waals surface area contributed by atoms with E-state index < -0.39 is 53.3 Å². The average molecular weight is 505 g/mol. The third-order valence-electron chi connectivity index (χ3n) is 3.98. The molecule has 12 nitrogen and oxygen atoms in total. The van der Waals surface area contributed by atoms with Crippen molar-refractivity contribution in [3.63, 3.8) is 0 Å². The van der Waals surface area contributed by atoms with E-state index in [1.54, 1.807) is 13.1 Å². The molecule has 3 rings (SSSR count). The van der Waals surface area contributed by atoms with Crippen LogP contribution in [0.1, 0.15) is 0 Å². The molecular formula is C10H24O12Si6. The van der Waals surface area contributed by atoms with Crippen molar-refractivity contribution in [3.8, 4) is 0 Å². The number of fused-ring (bicyclic) bond motifs is 4. The Labute approximate surface area is 170 Å². The summed E-state index contributed by atoms with van der Waals surface area (Å²) < 4.78 is 70.7. The molecule has 0 aromatic rings. The van der Waals surface area contributed by atoms with E-state index in [9.17, 15) is 0 Å². The predicted octanol–water partition coefficient (Wildman–Crippen LogP) is 0.0824. The fraction of sp³-hybridized carbons (Fsp3) is 0.600. The Hall–Kier alpha value is 0.301. The van der Waals surface area contributed by atoms with E-state index >= 15 is 0 Å². The number of hydrogen-bond donors (Lipinski definition) is 0. The molecule has 0 N–H and O–H groups in total. The molecule has 3 aliphatic heterocycles. The molecule has 5 atom stereocenters.